The zero-order valence-corrected chi connectivity index (χ0v) is 16.3. The number of piperidine rings is 1. The van der Waals surface area contributed by atoms with Crippen molar-refractivity contribution >= 4 is 23.1 Å². The number of para-hydroxylation sites is 2. The highest BCUT2D eigenvalue weighted by Gasteiger charge is 2.20. The van der Waals surface area contributed by atoms with E-state index in [2.05, 4.69) is 32.0 Å². The molecule has 7 heteroatoms. The number of carbonyl (C=O) groups is 1. The molecule has 0 saturated carbocycles. The minimum Gasteiger partial charge on any atom is -0.378 e. The van der Waals surface area contributed by atoms with Crippen molar-refractivity contribution in [2.45, 2.75) is 19.8 Å². The lowest BCUT2D eigenvalue weighted by atomic mass is 9.99. The van der Waals surface area contributed by atoms with Gasteiger partial charge in [-0.3, -0.25) is 4.79 Å². The Balaban J connectivity index is 1.49. The molecule has 1 aromatic carbocycles. The zero-order valence-electron chi connectivity index (χ0n) is 16.3. The summed E-state index contributed by atoms with van der Waals surface area (Å²) in [6, 6.07) is 9.67. The van der Waals surface area contributed by atoms with Crippen molar-refractivity contribution in [2.75, 3.05) is 54.5 Å². The molecule has 28 heavy (non-hydrogen) atoms. The highest BCUT2D eigenvalue weighted by atomic mass is 16.5. The van der Waals surface area contributed by atoms with E-state index in [-0.39, 0.29) is 5.91 Å². The van der Waals surface area contributed by atoms with E-state index in [1.54, 1.807) is 6.07 Å². The Morgan fingerprint density at radius 2 is 1.82 bits per heavy atom. The molecular formula is C21H27N5O2. The van der Waals surface area contributed by atoms with Crippen molar-refractivity contribution < 1.29 is 9.53 Å². The van der Waals surface area contributed by atoms with Crippen molar-refractivity contribution in [3.63, 3.8) is 0 Å². The fourth-order valence-electron chi connectivity index (χ4n) is 3.73. The number of hydrogen-bond donors (Lipinski definition) is 1. The molecule has 7 nitrogen and oxygen atoms in total. The summed E-state index contributed by atoms with van der Waals surface area (Å²) in [5.41, 5.74) is 2.19. The molecule has 4 rings (SSSR count). The molecule has 0 radical (unpaired) electrons. The van der Waals surface area contributed by atoms with Crippen LogP contribution >= 0.6 is 0 Å². The van der Waals surface area contributed by atoms with Gasteiger partial charge in [0.2, 0.25) is 0 Å². The van der Waals surface area contributed by atoms with E-state index >= 15 is 0 Å². The molecule has 2 saturated heterocycles. The van der Waals surface area contributed by atoms with Crippen molar-refractivity contribution in [1.82, 2.24) is 9.97 Å². The van der Waals surface area contributed by atoms with Crippen molar-refractivity contribution in [3.05, 3.63) is 42.4 Å². The Morgan fingerprint density at radius 3 is 2.61 bits per heavy atom. The number of rotatable bonds is 4. The van der Waals surface area contributed by atoms with Gasteiger partial charge in [0, 0.05) is 32.2 Å². The first-order valence-corrected chi connectivity index (χ1v) is 10.0. The molecule has 1 aromatic heterocycles. The first kappa shape index (κ1) is 18.7. The molecule has 0 unspecified atom stereocenters. The third kappa shape index (κ3) is 4.25. The van der Waals surface area contributed by atoms with Crippen LogP contribution in [0.25, 0.3) is 0 Å². The largest absolute Gasteiger partial charge is 0.378 e. The fourth-order valence-corrected chi connectivity index (χ4v) is 3.73. The number of nitrogens with zero attached hydrogens (tertiary/aromatic N) is 4. The van der Waals surface area contributed by atoms with Gasteiger partial charge >= 0.3 is 0 Å². The second-order valence-corrected chi connectivity index (χ2v) is 7.50. The smallest absolute Gasteiger partial charge is 0.274 e. The van der Waals surface area contributed by atoms with Crippen molar-refractivity contribution in [2.24, 2.45) is 5.92 Å². The van der Waals surface area contributed by atoms with Crippen LogP contribution < -0.4 is 15.1 Å². The number of aromatic nitrogens is 2. The van der Waals surface area contributed by atoms with E-state index in [0.29, 0.717) is 18.9 Å². The predicted octanol–water partition coefficient (Wildman–Crippen LogP) is 2.80. The van der Waals surface area contributed by atoms with Crippen LogP contribution in [0.3, 0.4) is 0 Å². The third-order valence-electron chi connectivity index (χ3n) is 5.50. The summed E-state index contributed by atoms with van der Waals surface area (Å²) in [6.07, 6.45) is 3.78. The van der Waals surface area contributed by atoms with Gasteiger partial charge in [-0.05, 0) is 30.9 Å². The maximum absolute atomic E-state index is 12.9. The molecule has 148 valence electrons. The summed E-state index contributed by atoms with van der Waals surface area (Å²) in [5, 5.41) is 3.03. The summed E-state index contributed by atoms with van der Waals surface area (Å²) in [7, 11) is 0. The Morgan fingerprint density at radius 1 is 1.07 bits per heavy atom. The number of morpholine rings is 1. The van der Waals surface area contributed by atoms with E-state index < -0.39 is 0 Å². The number of nitrogens with one attached hydrogen (secondary N) is 1. The quantitative estimate of drug-likeness (QED) is 0.878. The van der Waals surface area contributed by atoms with Crippen LogP contribution in [0.5, 0.6) is 0 Å². The zero-order chi connectivity index (χ0) is 19.3. The third-order valence-corrected chi connectivity index (χ3v) is 5.50. The highest BCUT2D eigenvalue weighted by Crippen LogP contribution is 2.27. The molecular weight excluding hydrogens is 354 g/mol. The lowest BCUT2D eigenvalue weighted by molar-refractivity contribution is 0.102. The summed E-state index contributed by atoms with van der Waals surface area (Å²) >= 11 is 0. The first-order valence-electron chi connectivity index (χ1n) is 10.0. The second kappa shape index (κ2) is 8.56. The molecule has 0 atom stereocenters. The Bertz CT molecular complexity index is 814. The molecule has 2 aliphatic heterocycles. The van der Waals surface area contributed by atoms with E-state index in [9.17, 15) is 4.79 Å². The van der Waals surface area contributed by atoms with Gasteiger partial charge in [-0.1, -0.05) is 19.1 Å². The summed E-state index contributed by atoms with van der Waals surface area (Å²) < 4.78 is 5.44. The molecule has 2 aliphatic rings. The van der Waals surface area contributed by atoms with Crippen LogP contribution in [0, 0.1) is 5.92 Å². The van der Waals surface area contributed by atoms with E-state index in [4.69, 9.17) is 4.74 Å². The van der Waals surface area contributed by atoms with Gasteiger partial charge in [-0.2, -0.15) is 0 Å². The monoisotopic (exact) mass is 381 g/mol. The fraction of sp³-hybridized carbons (Fsp3) is 0.476. The molecule has 1 amide bonds. The topological polar surface area (TPSA) is 70.6 Å². The Hall–Kier alpha value is -2.67. The van der Waals surface area contributed by atoms with Crippen LogP contribution in [-0.4, -0.2) is 55.3 Å². The number of benzene rings is 1. The van der Waals surface area contributed by atoms with Crippen molar-refractivity contribution in [1.29, 1.82) is 0 Å². The van der Waals surface area contributed by atoms with Crippen LogP contribution in [0.4, 0.5) is 17.2 Å². The molecule has 3 heterocycles. The molecule has 0 aliphatic carbocycles. The highest BCUT2D eigenvalue weighted by molar-refractivity contribution is 6.05. The molecule has 2 aromatic rings. The van der Waals surface area contributed by atoms with Crippen LogP contribution in [-0.2, 0) is 4.74 Å². The number of ether oxygens (including phenoxy) is 1. The van der Waals surface area contributed by atoms with Crippen LogP contribution in [0.15, 0.2) is 36.7 Å². The summed E-state index contributed by atoms with van der Waals surface area (Å²) in [5.74, 6) is 1.36. The molecule has 0 spiro atoms. The van der Waals surface area contributed by atoms with Crippen molar-refractivity contribution in [3.8, 4) is 0 Å². The Labute approximate surface area is 165 Å². The SMILES string of the molecule is CC1CCN(c2cc(C(=O)Nc3ccccc3N3CCOCC3)ncn2)CC1. The van der Waals surface area contributed by atoms with E-state index in [1.165, 1.54) is 6.33 Å². The molecule has 0 bridgehead atoms. The van der Waals surface area contributed by atoms with Gasteiger partial charge in [0.25, 0.3) is 5.91 Å². The Kier molecular flexibility index (Phi) is 5.71. The first-order chi connectivity index (χ1) is 13.7. The maximum Gasteiger partial charge on any atom is 0.274 e. The van der Waals surface area contributed by atoms with Gasteiger partial charge < -0.3 is 19.9 Å². The lowest BCUT2D eigenvalue weighted by Gasteiger charge is -2.31. The average Bonchev–Trinajstić information content (AvgIpc) is 2.75. The number of anilines is 3. The van der Waals surface area contributed by atoms with Gasteiger partial charge in [0.1, 0.15) is 17.8 Å². The van der Waals surface area contributed by atoms with Gasteiger partial charge in [-0.15, -0.1) is 0 Å². The summed E-state index contributed by atoms with van der Waals surface area (Å²) in [4.78, 5) is 25.9. The standard InChI is InChI=1S/C21H27N5O2/c1-16-6-8-26(9-7-16)20-14-18(22-15-23-20)21(27)24-17-4-2-3-5-19(17)25-10-12-28-13-11-25/h2-5,14-16H,6-13H2,1H3,(H,24,27). The maximum atomic E-state index is 12.9. The lowest BCUT2D eigenvalue weighted by Crippen LogP contribution is -2.36. The van der Waals surface area contributed by atoms with Gasteiger partial charge in [0.05, 0.1) is 24.6 Å². The minimum absolute atomic E-state index is 0.213. The molecule has 1 N–H and O–H groups in total. The normalized spacial score (nSPS) is 18.2. The van der Waals surface area contributed by atoms with Crippen LogP contribution in [0.1, 0.15) is 30.3 Å². The van der Waals surface area contributed by atoms with E-state index in [0.717, 1.165) is 62.1 Å². The predicted molar refractivity (Wildman–Crippen MR) is 110 cm³/mol. The number of hydrogen-bond acceptors (Lipinski definition) is 6. The number of carbonyl (C=O) groups excluding carboxylic acids is 1. The van der Waals surface area contributed by atoms with E-state index in [1.807, 2.05) is 24.3 Å². The van der Waals surface area contributed by atoms with Gasteiger partial charge in [-0.25, -0.2) is 9.97 Å². The molecule has 2 fully saturated rings. The minimum atomic E-state index is -0.213. The second-order valence-electron chi connectivity index (χ2n) is 7.50. The summed E-state index contributed by atoms with van der Waals surface area (Å²) in [6.45, 7) is 7.26. The number of amides is 1. The average molecular weight is 381 g/mol. The van der Waals surface area contributed by atoms with Gasteiger partial charge in [0.15, 0.2) is 0 Å². The van der Waals surface area contributed by atoms with Crippen LogP contribution in [0.2, 0.25) is 0 Å².